The van der Waals surface area contributed by atoms with Crippen molar-refractivity contribution in [1.82, 2.24) is 4.90 Å². The average molecular weight is 228 g/mol. The van der Waals surface area contributed by atoms with Crippen LogP contribution in [0, 0.1) is 11.3 Å². The van der Waals surface area contributed by atoms with Crippen molar-refractivity contribution in [2.24, 2.45) is 17.1 Å². The molecule has 94 valence electrons. The Balaban J connectivity index is 1.81. The number of ether oxygens (including phenoxy) is 2. The Labute approximate surface area is 98.1 Å². The van der Waals surface area contributed by atoms with Crippen LogP contribution in [0.25, 0.3) is 0 Å². The predicted octanol–water partition coefficient (Wildman–Crippen LogP) is 0.320. The summed E-state index contributed by atoms with van der Waals surface area (Å²) in [5, 5.41) is 0. The van der Waals surface area contributed by atoms with Crippen molar-refractivity contribution in [2.75, 3.05) is 53.1 Å². The first-order valence-corrected chi connectivity index (χ1v) is 6.27. The minimum absolute atomic E-state index is 0.224. The van der Waals surface area contributed by atoms with Gasteiger partial charge >= 0.3 is 0 Å². The Bertz CT molecular complexity index is 217. The zero-order valence-corrected chi connectivity index (χ0v) is 10.3. The van der Waals surface area contributed by atoms with Crippen LogP contribution in [0.1, 0.15) is 12.8 Å². The molecule has 2 aliphatic rings. The molecule has 2 saturated heterocycles. The van der Waals surface area contributed by atoms with Gasteiger partial charge in [-0.3, -0.25) is 0 Å². The van der Waals surface area contributed by atoms with E-state index in [2.05, 4.69) is 4.90 Å². The molecular formula is C12H24N2O2. The van der Waals surface area contributed by atoms with Crippen molar-refractivity contribution in [3.8, 4) is 0 Å². The molecule has 2 rings (SSSR count). The molecule has 0 amide bonds. The molecular weight excluding hydrogens is 204 g/mol. The molecule has 2 unspecified atom stereocenters. The highest BCUT2D eigenvalue weighted by Crippen LogP contribution is 2.30. The molecule has 0 aromatic carbocycles. The topological polar surface area (TPSA) is 47.7 Å². The highest BCUT2D eigenvalue weighted by atomic mass is 16.5. The van der Waals surface area contributed by atoms with E-state index in [0.29, 0.717) is 5.92 Å². The lowest BCUT2D eigenvalue weighted by molar-refractivity contribution is 0.116. The fourth-order valence-corrected chi connectivity index (χ4v) is 2.90. The number of hydrogen-bond donors (Lipinski definition) is 1. The summed E-state index contributed by atoms with van der Waals surface area (Å²) in [6.45, 7) is 6.82. The smallest absolute Gasteiger partial charge is 0.0547 e. The second-order valence-electron chi connectivity index (χ2n) is 5.35. The molecule has 2 heterocycles. The number of hydrogen-bond acceptors (Lipinski definition) is 4. The van der Waals surface area contributed by atoms with Crippen LogP contribution in [0.4, 0.5) is 0 Å². The number of nitrogens with zero attached hydrogens (tertiary/aromatic N) is 1. The summed E-state index contributed by atoms with van der Waals surface area (Å²) in [7, 11) is 1.79. The van der Waals surface area contributed by atoms with Gasteiger partial charge in [0.05, 0.1) is 13.2 Å². The van der Waals surface area contributed by atoms with Gasteiger partial charge in [-0.05, 0) is 25.3 Å². The number of nitrogens with two attached hydrogens (primary N) is 1. The first kappa shape index (κ1) is 12.3. The molecule has 4 heteroatoms. The molecule has 16 heavy (non-hydrogen) atoms. The molecule has 2 N–H and O–H groups in total. The second kappa shape index (κ2) is 5.45. The van der Waals surface area contributed by atoms with Crippen LogP contribution >= 0.6 is 0 Å². The van der Waals surface area contributed by atoms with Crippen LogP contribution in [0.5, 0.6) is 0 Å². The summed E-state index contributed by atoms with van der Waals surface area (Å²) in [5.74, 6) is 0.710. The van der Waals surface area contributed by atoms with Crippen molar-refractivity contribution >= 4 is 0 Å². The van der Waals surface area contributed by atoms with Gasteiger partial charge in [-0.2, -0.15) is 0 Å². The largest absolute Gasteiger partial charge is 0.384 e. The van der Waals surface area contributed by atoms with E-state index < -0.39 is 0 Å². The Morgan fingerprint density at radius 1 is 1.56 bits per heavy atom. The maximum absolute atomic E-state index is 5.91. The van der Waals surface area contributed by atoms with E-state index in [-0.39, 0.29) is 5.41 Å². The summed E-state index contributed by atoms with van der Waals surface area (Å²) in [4.78, 5) is 2.53. The fraction of sp³-hybridized carbons (Fsp3) is 1.00. The first-order chi connectivity index (χ1) is 7.78. The summed E-state index contributed by atoms with van der Waals surface area (Å²) in [5.41, 5.74) is 6.13. The van der Waals surface area contributed by atoms with Crippen LogP contribution in [0.2, 0.25) is 0 Å². The minimum atomic E-state index is 0.224. The molecule has 2 atom stereocenters. The predicted molar refractivity (Wildman–Crippen MR) is 63.3 cm³/mol. The monoisotopic (exact) mass is 228 g/mol. The summed E-state index contributed by atoms with van der Waals surface area (Å²) < 4.78 is 10.7. The SMILES string of the molecule is COCC1CCN(CC2(CN)CCOC2)C1. The number of likely N-dealkylation sites (tertiary alicyclic amines) is 1. The van der Waals surface area contributed by atoms with Crippen molar-refractivity contribution in [3.05, 3.63) is 0 Å². The number of methoxy groups -OCH3 is 1. The van der Waals surface area contributed by atoms with Crippen molar-refractivity contribution in [3.63, 3.8) is 0 Å². The third-order valence-corrected chi connectivity index (χ3v) is 3.95. The molecule has 2 fully saturated rings. The van der Waals surface area contributed by atoms with E-state index in [1.54, 1.807) is 7.11 Å². The lowest BCUT2D eigenvalue weighted by Crippen LogP contribution is -2.42. The molecule has 0 saturated carbocycles. The van der Waals surface area contributed by atoms with Gasteiger partial charge in [-0.25, -0.2) is 0 Å². The van der Waals surface area contributed by atoms with Crippen LogP contribution in [-0.4, -0.2) is 58.0 Å². The maximum Gasteiger partial charge on any atom is 0.0547 e. The summed E-state index contributed by atoms with van der Waals surface area (Å²) in [6.07, 6.45) is 2.38. The lowest BCUT2D eigenvalue weighted by Gasteiger charge is -2.30. The zero-order valence-electron chi connectivity index (χ0n) is 10.3. The maximum atomic E-state index is 5.91. The second-order valence-corrected chi connectivity index (χ2v) is 5.35. The van der Waals surface area contributed by atoms with E-state index in [1.807, 2.05) is 0 Å². The van der Waals surface area contributed by atoms with Crippen LogP contribution < -0.4 is 5.73 Å². The van der Waals surface area contributed by atoms with Gasteiger partial charge in [0.1, 0.15) is 0 Å². The summed E-state index contributed by atoms with van der Waals surface area (Å²) in [6, 6.07) is 0. The van der Waals surface area contributed by atoms with E-state index in [9.17, 15) is 0 Å². The van der Waals surface area contributed by atoms with Crippen LogP contribution in [0.15, 0.2) is 0 Å². The molecule has 2 aliphatic heterocycles. The molecule has 4 nitrogen and oxygen atoms in total. The van der Waals surface area contributed by atoms with Gasteiger partial charge in [-0.1, -0.05) is 0 Å². The van der Waals surface area contributed by atoms with Gasteiger partial charge in [0, 0.05) is 38.8 Å². The van der Waals surface area contributed by atoms with Gasteiger partial charge in [0.25, 0.3) is 0 Å². The van der Waals surface area contributed by atoms with Gasteiger partial charge in [0.15, 0.2) is 0 Å². The highest BCUT2D eigenvalue weighted by Gasteiger charge is 2.37. The lowest BCUT2D eigenvalue weighted by atomic mass is 9.87. The molecule has 0 aromatic rings. The Hall–Kier alpha value is -0.160. The van der Waals surface area contributed by atoms with E-state index in [4.69, 9.17) is 15.2 Å². The normalized spacial score (nSPS) is 36.0. The fourth-order valence-electron chi connectivity index (χ4n) is 2.90. The van der Waals surface area contributed by atoms with Gasteiger partial charge in [-0.15, -0.1) is 0 Å². The van der Waals surface area contributed by atoms with Crippen molar-refractivity contribution in [2.45, 2.75) is 12.8 Å². The third kappa shape index (κ3) is 2.74. The molecule has 0 spiro atoms. The summed E-state index contributed by atoms with van der Waals surface area (Å²) >= 11 is 0. The van der Waals surface area contributed by atoms with Crippen LogP contribution in [0.3, 0.4) is 0 Å². The van der Waals surface area contributed by atoms with Crippen molar-refractivity contribution in [1.29, 1.82) is 0 Å². The quantitative estimate of drug-likeness (QED) is 0.736. The zero-order chi connectivity index (χ0) is 11.4. The third-order valence-electron chi connectivity index (χ3n) is 3.95. The average Bonchev–Trinajstić information content (AvgIpc) is 2.90. The molecule has 0 bridgehead atoms. The Morgan fingerprint density at radius 3 is 3.06 bits per heavy atom. The van der Waals surface area contributed by atoms with Gasteiger partial charge < -0.3 is 20.1 Å². The Morgan fingerprint density at radius 2 is 2.44 bits per heavy atom. The van der Waals surface area contributed by atoms with Crippen LogP contribution in [-0.2, 0) is 9.47 Å². The molecule has 0 aromatic heterocycles. The standard InChI is InChI=1S/C12H24N2O2/c1-15-7-11-2-4-14(6-11)9-12(8-13)3-5-16-10-12/h11H,2-10,13H2,1H3. The molecule has 0 aliphatic carbocycles. The van der Waals surface area contributed by atoms with E-state index in [0.717, 1.165) is 45.9 Å². The van der Waals surface area contributed by atoms with E-state index in [1.165, 1.54) is 13.0 Å². The first-order valence-electron chi connectivity index (χ1n) is 6.27. The molecule has 0 radical (unpaired) electrons. The van der Waals surface area contributed by atoms with Crippen molar-refractivity contribution < 1.29 is 9.47 Å². The highest BCUT2D eigenvalue weighted by molar-refractivity contribution is 4.89. The minimum Gasteiger partial charge on any atom is -0.384 e. The van der Waals surface area contributed by atoms with E-state index >= 15 is 0 Å². The van der Waals surface area contributed by atoms with Gasteiger partial charge in [0.2, 0.25) is 0 Å². The number of rotatable bonds is 5. The Kier molecular flexibility index (Phi) is 4.19.